The average molecular weight is 218 g/mol. The van der Waals surface area contributed by atoms with Crippen molar-refractivity contribution in [3.8, 4) is 0 Å². The summed E-state index contributed by atoms with van der Waals surface area (Å²) in [6.07, 6.45) is 0. The summed E-state index contributed by atoms with van der Waals surface area (Å²) in [7, 11) is 3.23. The Morgan fingerprint density at radius 1 is 1.56 bits per heavy atom. The highest BCUT2D eigenvalue weighted by molar-refractivity contribution is 5.92. The van der Waals surface area contributed by atoms with Gasteiger partial charge in [-0.15, -0.1) is 0 Å². The summed E-state index contributed by atoms with van der Waals surface area (Å²) in [6, 6.07) is 4.99. The van der Waals surface area contributed by atoms with Crippen molar-refractivity contribution in [3.05, 3.63) is 35.2 Å². The summed E-state index contributed by atoms with van der Waals surface area (Å²) in [5.41, 5.74) is 1.69. The normalized spacial score (nSPS) is 9.38. The van der Waals surface area contributed by atoms with Crippen molar-refractivity contribution in [2.75, 3.05) is 25.6 Å². The first-order valence-corrected chi connectivity index (χ1v) is 4.95. The van der Waals surface area contributed by atoms with E-state index in [-0.39, 0.29) is 0 Å². The lowest BCUT2D eigenvalue weighted by molar-refractivity contribution is 0.0601. The molecule has 0 atom stereocenters. The third kappa shape index (κ3) is 2.31. The van der Waals surface area contributed by atoms with Crippen LogP contribution in [0.4, 0.5) is 11.4 Å². The molecule has 4 nitrogen and oxygen atoms in total. The second-order valence-corrected chi connectivity index (χ2v) is 3.32. The highest BCUT2D eigenvalue weighted by Crippen LogP contribution is 2.29. The van der Waals surface area contributed by atoms with Crippen molar-refractivity contribution < 1.29 is 9.53 Å². The minimum Gasteiger partial charge on any atom is -0.465 e. The van der Waals surface area contributed by atoms with Crippen LogP contribution in [-0.2, 0) is 4.74 Å². The smallest absolute Gasteiger partial charge is 0.336 e. The lowest BCUT2D eigenvalue weighted by Crippen LogP contribution is -2.16. The van der Waals surface area contributed by atoms with Crippen LogP contribution in [0.3, 0.4) is 0 Å². The second-order valence-electron chi connectivity index (χ2n) is 3.32. The van der Waals surface area contributed by atoms with E-state index in [0.717, 1.165) is 12.2 Å². The zero-order valence-electron chi connectivity index (χ0n) is 9.65. The lowest BCUT2D eigenvalue weighted by Gasteiger charge is -2.18. The number of carbonyl (C=O) groups is 1. The van der Waals surface area contributed by atoms with Crippen molar-refractivity contribution in [3.63, 3.8) is 0 Å². The van der Waals surface area contributed by atoms with Crippen LogP contribution in [0.2, 0.25) is 0 Å². The molecule has 0 unspecified atom stereocenters. The molecule has 0 spiro atoms. The molecule has 0 aliphatic rings. The largest absolute Gasteiger partial charge is 0.465 e. The molecule has 84 valence electrons. The predicted molar refractivity (Wildman–Crippen MR) is 63.0 cm³/mol. The molecule has 0 aliphatic heterocycles. The van der Waals surface area contributed by atoms with Gasteiger partial charge < -0.3 is 9.64 Å². The van der Waals surface area contributed by atoms with E-state index in [2.05, 4.69) is 9.58 Å². The molecule has 0 saturated carbocycles. The summed E-state index contributed by atoms with van der Waals surface area (Å²) in [5, 5.41) is 0. The number of methoxy groups -OCH3 is 1. The first-order chi connectivity index (χ1) is 7.63. The van der Waals surface area contributed by atoms with E-state index < -0.39 is 5.97 Å². The van der Waals surface area contributed by atoms with Gasteiger partial charge in [-0.25, -0.2) is 9.64 Å². The van der Waals surface area contributed by atoms with E-state index in [0.29, 0.717) is 11.3 Å². The Balaban J connectivity index is 3.18. The molecule has 1 aromatic carbocycles. The molecule has 0 aromatic heterocycles. The summed E-state index contributed by atoms with van der Waals surface area (Å²) in [5.74, 6) is -0.421. The van der Waals surface area contributed by atoms with E-state index in [1.165, 1.54) is 7.11 Å². The highest BCUT2D eigenvalue weighted by Gasteiger charge is 2.11. The summed E-state index contributed by atoms with van der Waals surface area (Å²) in [4.78, 5) is 16.7. The number of rotatable bonds is 3. The first kappa shape index (κ1) is 12.1. The third-order valence-corrected chi connectivity index (χ3v) is 2.40. The quantitative estimate of drug-likeness (QED) is 0.577. The lowest BCUT2D eigenvalue weighted by atomic mass is 10.1. The van der Waals surface area contributed by atoms with Gasteiger partial charge in [-0.3, -0.25) is 0 Å². The van der Waals surface area contributed by atoms with Crippen LogP contribution in [0.5, 0.6) is 0 Å². The predicted octanol–water partition coefficient (Wildman–Crippen LogP) is 2.48. The number of ether oxygens (including phenoxy) is 1. The number of hydrogen-bond acceptors (Lipinski definition) is 3. The maximum Gasteiger partial charge on any atom is 0.336 e. The van der Waals surface area contributed by atoms with Gasteiger partial charge in [0.05, 0.1) is 13.7 Å². The van der Waals surface area contributed by atoms with Gasteiger partial charge in [0.2, 0.25) is 5.69 Å². The third-order valence-electron chi connectivity index (χ3n) is 2.40. The zero-order chi connectivity index (χ0) is 12.1. The summed E-state index contributed by atoms with van der Waals surface area (Å²) < 4.78 is 4.61. The van der Waals surface area contributed by atoms with Gasteiger partial charge in [-0.2, -0.15) is 0 Å². The summed E-state index contributed by atoms with van der Waals surface area (Å²) >= 11 is 0. The second kappa shape index (κ2) is 5.17. The first-order valence-electron chi connectivity index (χ1n) is 4.95. The number of esters is 1. The Labute approximate surface area is 95.3 Å². The van der Waals surface area contributed by atoms with Gasteiger partial charge >= 0.3 is 5.97 Å². The van der Waals surface area contributed by atoms with E-state index in [1.54, 1.807) is 18.2 Å². The van der Waals surface area contributed by atoms with Crippen LogP contribution in [0, 0.1) is 6.57 Å². The van der Waals surface area contributed by atoms with Crippen LogP contribution in [0.1, 0.15) is 17.3 Å². The Morgan fingerprint density at radius 2 is 2.25 bits per heavy atom. The SMILES string of the molecule is [C-]#[N+]c1cc(C(=O)OC)ccc1N(C)CC. The number of carbonyl (C=O) groups excluding carboxylic acids is 1. The van der Waals surface area contributed by atoms with Crippen LogP contribution >= 0.6 is 0 Å². The standard InChI is InChI=1S/C12H14N2O2/c1-5-14(3)11-7-6-9(12(15)16-4)8-10(11)13-2/h6-8H,5H2,1,3-4H3. The molecule has 0 amide bonds. The molecule has 1 aromatic rings. The van der Waals surface area contributed by atoms with Gasteiger partial charge in [0.25, 0.3) is 0 Å². The van der Waals surface area contributed by atoms with Crippen LogP contribution in [-0.4, -0.2) is 26.7 Å². The fraction of sp³-hybridized carbons (Fsp3) is 0.333. The molecule has 16 heavy (non-hydrogen) atoms. The van der Waals surface area contributed by atoms with Crippen molar-refractivity contribution in [2.45, 2.75) is 6.92 Å². The minimum atomic E-state index is -0.421. The van der Waals surface area contributed by atoms with E-state index in [9.17, 15) is 4.79 Å². The molecule has 0 N–H and O–H groups in total. The van der Waals surface area contributed by atoms with E-state index in [1.807, 2.05) is 18.9 Å². The Kier molecular flexibility index (Phi) is 3.90. The zero-order valence-corrected chi connectivity index (χ0v) is 9.65. The fourth-order valence-electron chi connectivity index (χ4n) is 1.35. The number of anilines is 1. The van der Waals surface area contributed by atoms with Gasteiger partial charge in [0.1, 0.15) is 0 Å². The molecular weight excluding hydrogens is 204 g/mol. The van der Waals surface area contributed by atoms with Crippen LogP contribution in [0.15, 0.2) is 18.2 Å². The molecule has 4 heteroatoms. The van der Waals surface area contributed by atoms with Gasteiger partial charge in [0, 0.05) is 24.8 Å². The number of hydrogen-bond donors (Lipinski definition) is 0. The monoisotopic (exact) mass is 218 g/mol. The molecule has 0 heterocycles. The van der Waals surface area contributed by atoms with Crippen molar-refractivity contribution in [2.24, 2.45) is 0 Å². The van der Waals surface area contributed by atoms with Crippen molar-refractivity contribution in [1.82, 2.24) is 0 Å². The molecule has 1 rings (SSSR count). The van der Waals surface area contributed by atoms with Crippen LogP contribution < -0.4 is 4.90 Å². The minimum absolute atomic E-state index is 0.404. The fourth-order valence-corrected chi connectivity index (χ4v) is 1.35. The summed E-state index contributed by atoms with van der Waals surface area (Å²) in [6.45, 7) is 9.90. The van der Waals surface area contributed by atoms with E-state index >= 15 is 0 Å². The highest BCUT2D eigenvalue weighted by atomic mass is 16.5. The maximum absolute atomic E-state index is 11.3. The molecule has 0 fully saturated rings. The van der Waals surface area contributed by atoms with E-state index in [4.69, 9.17) is 6.57 Å². The molecule has 0 saturated heterocycles. The number of benzene rings is 1. The Hall–Kier alpha value is -2.02. The van der Waals surface area contributed by atoms with Crippen molar-refractivity contribution >= 4 is 17.3 Å². The molecule has 0 aliphatic carbocycles. The topological polar surface area (TPSA) is 33.9 Å². The van der Waals surface area contributed by atoms with Crippen LogP contribution in [0.25, 0.3) is 4.85 Å². The number of nitrogens with zero attached hydrogens (tertiary/aromatic N) is 2. The maximum atomic E-state index is 11.3. The molecule has 0 bridgehead atoms. The average Bonchev–Trinajstić information content (AvgIpc) is 2.35. The van der Waals surface area contributed by atoms with Gasteiger partial charge in [0.15, 0.2) is 0 Å². The molecular formula is C12H14N2O2. The van der Waals surface area contributed by atoms with Gasteiger partial charge in [-0.05, 0) is 25.1 Å². The Bertz CT molecular complexity index is 435. The van der Waals surface area contributed by atoms with Crippen molar-refractivity contribution in [1.29, 1.82) is 0 Å². The Morgan fingerprint density at radius 3 is 2.75 bits per heavy atom. The molecule has 0 radical (unpaired) electrons. The van der Waals surface area contributed by atoms with Gasteiger partial charge in [-0.1, -0.05) is 0 Å².